The Morgan fingerprint density at radius 1 is 1.07 bits per heavy atom. The number of benzene rings is 2. The summed E-state index contributed by atoms with van der Waals surface area (Å²) in [4.78, 5) is 0. The van der Waals surface area contributed by atoms with E-state index in [1.54, 1.807) is 19.1 Å². The van der Waals surface area contributed by atoms with Gasteiger partial charge in [-0.05, 0) is 48.2 Å². The number of aliphatic hydroxyl groups excluding tert-OH is 4. The molecule has 2 aromatic carbocycles. The maximum atomic E-state index is 10.5. The van der Waals surface area contributed by atoms with Crippen LogP contribution >= 0.6 is 11.6 Å². The fourth-order valence-corrected chi connectivity index (χ4v) is 4.07. The number of hydrogen-bond acceptors (Lipinski definition) is 6. The van der Waals surface area contributed by atoms with Gasteiger partial charge in [0.15, 0.2) is 0 Å². The minimum atomic E-state index is -1.63. The topological polar surface area (TPSA) is 99.4 Å². The van der Waals surface area contributed by atoms with Crippen molar-refractivity contribution in [1.29, 1.82) is 0 Å². The van der Waals surface area contributed by atoms with E-state index in [9.17, 15) is 20.4 Å². The van der Waals surface area contributed by atoms with Crippen molar-refractivity contribution in [1.82, 2.24) is 0 Å². The molecule has 4 N–H and O–H groups in total. The number of ether oxygens (including phenoxy) is 2. The summed E-state index contributed by atoms with van der Waals surface area (Å²) in [7, 11) is 0. The predicted molar refractivity (Wildman–Crippen MR) is 114 cm³/mol. The molecule has 0 aromatic heterocycles. The number of rotatable bonds is 7. The first kappa shape index (κ1) is 23.0. The number of halogens is 1. The van der Waals surface area contributed by atoms with Gasteiger partial charge in [-0.15, -0.1) is 0 Å². The lowest BCUT2D eigenvalue weighted by molar-refractivity contribution is -0.274. The second-order valence-electron chi connectivity index (χ2n) is 7.82. The van der Waals surface area contributed by atoms with E-state index in [1.165, 1.54) is 0 Å². The van der Waals surface area contributed by atoms with Crippen LogP contribution in [0, 0.1) is 5.92 Å². The molecule has 1 aliphatic heterocycles. The summed E-state index contributed by atoms with van der Waals surface area (Å²) in [5.41, 5.74) is 1.06. The molecule has 0 amide bonds. The third kappa shape index (κ3) is 4.49. The molecule has 6 nitrogen and oxygen atoms in total. The van der Waals surface area contributed by atoms with E-state index in [0.717, 1.165) is 22.4 Å². The molecule has 0 saturated carbocycles. The van der Waals surface area contributed by atoms with Crippen molar-refractivity contribution in [3.8, 4) is 5.75 Å². The zero-order valence-corrected chi connectivity index (χ0v) is 17.9. The van der Waals surface area contributed by atoms with Gasteiger partial charge in [0.1, 0.15) is 17.5 Å². The first-order valence-electron chi connectivity index (χ1n) is 10.1. The third-order valence-electron chi connectivity index (χ3n) is 5.80. The molecule has 1 aliphatic rings. The highest BCUT2D eigenvalue weighted by molar-refractivity contribution is 6.31. The van der Waals surface area contributed by atoms with Crippen molar-refractivity contribution in [2.75, 3.05) is 19.8 Å². The van der Waals surface area contributed by atoms with E-state index in [2.05, 4.69) is 0 Å². The van der Waals surface area contributed by atoms with Crippen LogP contribution in [0.15, 0.2) is 42.5 Å². The predicted octanol–water partition coefficient (Wildman–Crippen LogP) is 2.48. The van der Waals surface area contributed by atoms with Crippen LogP contribution in [0.3, 0.4) is 0 Å². The molecule has 164 valence electrons. The van der Waals surface area contributed by atoms with Gasteiger partial charge in [0.2, 0.25) is 0 Å². The molecule has 30 heavy (non-hydrogen) atoms. The van der Waals surface area contributed by atoms with Crippen LogP contribution in [0.2, 0.25) is 5.02 Å². The molecule has 1 fully saturated rings. The second-order valence-corrected chi connectivity index (χ2v) is 8.23. The maximum absolute atomic E-state index is 10.5. The van der Waals surface area contributed by atoms with Gasteiger partial charge in [-0.1, -0.05) is 42.8 Å². The van der Waals surface area contributed by atoms with Gasteiger partial charge in [-0.2, -0.15) is 0 Å². The summed E-state index contributed by atoms with van der Waals surface area (Å²) >= 11 is 6.43. The lowest BCUT2D eigenvalue weighted by Crippen LogP contribution is -2.62. The maximum Gasteiger partial charge on any atom is 0.143 e. The average molecular weight is 437 g/mol. The van der Waals surface area contributed by atoms with Crippen LogP contribution in [0.5, 0.6) is 5.75 Å². The van der Waals surface area contributed by atoms with E-state index >= 15 is 0 Å². The Balaban J connectivity index is 1.88. The molecule has 3 rings (SSSR count). The first-order chi connectivity index (χ1) is 14.3. The molecule has 0 aliphatic carbocycles. The number of hydrogen-bond donors (Lipinski definition) is 4. The van der Waals surface area contributed by atoms with Crippen LogP contribution < -0.4 is 4.74 Å². The van der Waals surface area contributed by atoms with Crippen molar-refractivity contribution < 1.29 is 29.9 Å². The van der Waals surface area contributed by atoms with Crippen molar-refractivity contribution in [3.63, 3.8) is 0 Å². The minimum Gasteiger partial charge on any atom is -0.494 e. The normalized spacial score (nSPS) is 25.8. The fraction of sp³-hybridized carbons (Fsp3) is 0.478. The number of aliphatic hydroxyl groups is 4. The molecule has 1 heterocycles. The Kier molecular flexibility index (Phi) is 7.39. The molecule has 4 unspecified atom stereocenters. The highest BCUT2D eigenvalue weighted by Crippen LogP contribution is 2.42. The van der Waals surface area contributed by atoms with Crippen molar-refractivity contribution in [2.45, 2.75) is 44.2 Å². The Morgan fingerprint density at radius 3 is 2.33 bits per heavy atom. The SMILES string of the molecule is CCOc1ccc(Cc2cc(C3OC(CO)(CO)C(O)C(O)C3C)ccc2Cl)cc1. The van der Waals surface area contributed by atoms with Crippen molar-refractivity contribution >= 4 is 11.6 Å². The molecular formula is C23H29ClO6. The van der Waals surface area contributed by atoms with E-state index in [4.69, 9.17) is 21.1 Å². The standard InChI is InChI=1S/C23H29ClO6/c1-3-29-18-7-4-15(5-8-18)10-17-11-16(6-9-19(17)24)21-14(2)20(27)22(28)23(12-25,13-26)30-21/h4-9,11,14,20-22,25-28H,3,10,12-13H2,1-2H3. The summed E-state index contributed by atoms with van der Waals surface area (Å²) < 4.78 is 11.4. The van der Waals surface area contributed by atoms with Gasteiger partial charge in [0, 0.05) is 10.9 Å². The Bertz CT molecular complexity index is 836. The molecule has 1 saturated heterocycles. The van der Waals surface area contributed by atoms with Crippen LogP contribution in [0.4, 0.5) is 0 Å². The monoisotopic (exact) mass is 436 g/mol. The Hall–Kier alpha value is -1.67. The Labute approximate surface area is 181 Å². The van der Waals surface area contributed by atoms with Crippen LogP contribution in [0.25, 0.3) is 0 Å². The largest absolute Gasteiger partial charge is 0.494 e. The summed E-state index contributed by atoms with van der Waals surface area (Å²) in [6.45, 7) is 3.08. The summed E-state index contributed by atoms with van der Waals surface area (Å²) in [5, 5.41) is 41.0. The molecule has 7 heteroatoms. The van der Waals surface area contributed by atoms with Crippen molar-refractivity contribution in [2.24, 2.45) is 5.92 Å². The minimum absolute atomic E-state index is 0.453. The van der Waals surface area contributed by atoms with E-state index < -0.39 is 43.0 Å². The van der Waals surface area contributed by atoms with E-state index in [-0.39, 0.29) is 0 Å². The second kappa shape index (κ2) is 9.64. The molecule has 0 radical (unpaired) electrons. The van der Waals surface area contributed by atoms with Gasteiger partial charge >= 0.3 is 0 Å². The molecule has 0 spiro atoms. The van der Waals surface area contributed by atoms with E-state index in [1.807, 2.05) is 37.3 Å². The quantitative estimate of drug-likeness (QED) is 0.532. The van der Waals surface area contributed by atoms with Gasteiger partial charge in [-0.25, -0.2) is 0 Å². The smallest absolute Gasteiger partial charge is 0.143 e. The Morgan fingerprint density at radius 2 is 1.73 bits per heavy atom. The zero-order chi connectivity index (χ0) is 21.9. The first-order valence-corrected chi connectivity index (χ1v) is 10.5. The summed E-state index contributed by atoms with van der Waals surface area (Å²) in [6, 6.07) is 13.3. The summed E-state index contributed by atoms with van der Waals surface area (Å²) in [6.07, 6.45) is -2.59. The highest BCUT2D eigenvalue weighted by Gasteiger charge is 2.52. The van der Waals surface area contributed by atoms with Crippen LogP contribution in [-0.2, 0) is 11.2 Å². The van der Waals surface area contributed by atoms with Crippen molar-refractivity contribution in [3.05, 3.63) is 64.2 Å². The fourth-order valence-electron chi connectivity index (χ4n) is 3.89. The lowest BCUT2D eigenvalue weighted by Gasteiger charge is -2.48. The van der Waals surface area contributed by atoms with Crippen LogP contribution in [-0.4, -0.2) is 58.1 Å². The van der Waals surface area contributed by atoms with Gasteiger partial charge < -0.3 is 29.9 Å². The highest BCUT2D eigenvalue weighted by atomic mass is 35.5. The molecular weight excluding hydrogens is 408 g/mol. The third-order valence-corrected chi connectivity index (χ3v) is 6.17. The van der Waals surface area contributed by atoms with Gasteiger partial charge in [0.05, 0.1) is 32.0 Å². The average Bonchev–Trinajstić information content (AvgIpc) is 2.76. The zero-order valence-electron chi connectivity index (χ0n) is 17.2. The van der Waals surface area contributed by atoms with Gasteiger partial charge in [0.25, 0.3) is 0 Å². The van der Waals surface area contributed by atoms with Gasteiger partial charge in [-0.3, -0.25) is 0 Å². The molecule has 4 atom stereocenters. The van der Waals surface area contributed by atoms with Crippen LogP contribution in [0.1, 0.15) is 36.6 Å². The molecule has 0 bridgehead atoms. The summed E-state index contributed by atoms with van der Waals surface area (Å²) in [5.74, 6) is 0.355. The lowest BCUT2D eigenvalue weighted by atomic mass is 9.79. The molecule has 2 aromatic rings. The van der Waals surface area contributed by atoms with E-state index in [0.29, 0.717) is 18.1 Å².